The molecule has 1 heteroatoms. The summed E-state index contributed by atoms with van der Waals surface area (Å²) in [7, 11) is 0. The van der Waals surface area contributed by atoms with Crippen LogP contribution in [0.5, 0.6) is 0 Å². The van der Waals surface area contributed by atoms with Crippen LogP contribution in [0.4, 0.5) is 0 Å². The Kier molecular flexibility index (Phi) is 5.00. The SMILES string of the molecule is CCC[C@@H]1CC[C@H]2[C@H](C)CCC[C@@H]2N1Cc1ccccc1. The standard InChI is InChI=1S/C20H31N/c1-3-8-18-13-14-19-16(2)9-7-12-20(19)21(18)15-17-10-5-4-6-11-17/h4-6,10-11,16,18-20H,3,7-9,12-15H2,1-2H3/t16-,18-,19+,20+/m1/s1. The lowest BCUT2D eigenvalue weighted by Crippen LogP contribution is -2.53. The van der Waals surface area contributed by atoms with Crippen molar-refractivity contribution >= 4 is 0 Å². The van der Waals surface area contributed by atoms with Crippen molar-refractivity contribution in [1.82, 2.24) is 4.90 Å². The molecule has 116 valence electrons. The van der Waals surface area contributed by atoms with Crippen LogP contribution in [0.25, 0.3) is 0 Å². The molecule has 2 aliphatic rings. The fourth-order valence-electron chi connectivity index (χ4n) is 4.85. The van der Waals surface area contributed by atoms with E-state index in [0.29, 0.717) is 0 Å². The van der Waals surface area contributed by atoms with Crippen molar-refractivity contribution < 1.29 is 0 Å². The molecule has 1 nitrogen and oxygen atoms in total. The molecule has 1 aliphatic heterocycles. The van der Waals surface area contributed by atoms with E-state index in [2.05, 4.69) is 49.1 Å². The zero-order chi connectivity index (χ0) is 14.7. The van der Waals surface area contributed by atoms with E-state index in [1.54, 1.807) is 0 Å². The molecule has 1 saturated carbocycles. The molecule has 0 bridgehead atoms. The van der Waals surface area contributed by atoms with E-state index in [1.807, 2.05) is 0 Å². The maximum Gasteiger partial charge on any atom is 0.0239 e. The molecule has 21 heavy (non-hydrogen) atoms. The first-order valence-corrected chi connectivity index (χ1v) is 9.09. The largest absolute Gasteiger partial charge is 0.293 e. The van der Waals surface area contributed by atoms with Gasteiger partial charge in [-0.05, 0) is 43.1 Å². The van der Waals surface area contributed by atoms with Crippen molar-refractivity contribution in [3.8, 4) is 0 Å². The molecule has 0 amide bonds. The molecule has 4 atom stereocenters. The molecule has 1 aromatic rings. The summed E-state index contributed by atoms with van der Waals surface area (Å²) in [4.78, 5) is 2.89. The molecule has 2 fully saturated rings. The van der Waals surface area contributed by atoms with Gasteiger partial charge in [0, 0.05) is 18.6 Å². The Labute approximate surface area is 130 Å². The molecular formula is C20H31N. The van der Waals surface area contributed by atoms with Crippen LogP contribution in [-0.2, 0) is 6.54 Å². The van der Waals surface area contributed by atoms with Crippen LogP contribution in [0.2, 0.25) is 0 Å². The number of likely N-dealkylation sites (tertiary alicyclic amines) is 1. The molecule has 0 radical (unpaired) electrons. The van der Waals surface area contributed by atoms with Gasteiger partial charge in [-0.1, -0.05) is 63.4 Å². The van der Waals surface area contributed by atoms with Gasteiger partial charge in [0.25, 0.3) is 0 Å². The van der Waals surface area contributed by atoms with E-state index in [4.69, 9.17) is 0 Å². The monoisotopic (exact) mass is 285 g/mol. The summed E-state index contributed by atoms with van der Waals surface area (Å²) < 4.78 is 0. The van der Waals surface area contributed by atoms with Crippen LogP contribution in [-0.4, -0.2) is 17.0 Å². The fourth-order valence-corrected chi connectivity index (χ4v) is 4.85. The van der Waals surface area contributed by atoms with Crippen molar-refractivity contribution in [3.63, 3.8) is 0 Å². The van der Waals surface area contributed by atoms with Gasteiger partial charge >= 0.3 is 0 Å². The van der Waals surface area contributed by atoms with Gasteiger partial charge < -0.3 is 0 Å². The van der Waals surface area contributed by atoms with Crippen molar-refractivity contribution in [2.24, 2.45) is 11.8 Å². The number of hydrogen-bond acceptors (Lipinski definition) is 1. The Morgan fingerprint density at radius 1 is 1.05 bits per heavy atom. The van der Waals surface area contributed by atoms with E-state index in [0.717, 1.165) is 23.9 Å². The average Bonchev–Trinajstić information content (AvgIpc) is 2.51. The molecule has 3 rings (SSSR count). The molecule has 0 aromatic heterocycles. The second-order valence-electron chi connectivity index (χ2n) is 7.32. The fraction of sp³-hybridized carbons (Fsp3) is 0.700. The van der Waals surface area contributed by atoms with Crippen LogP contribution in [0.3, 0.4) is 0 Å². The summed E-state index contributed by atoms with van der Waals surface area (Å²) in [6.07, 6.45) is 9.93. The number of hydrogen-bond donors (Lipinski definition) is 0. The van der Waals surface area contributed by atoms with E-state index >= 15 is 0 Å². The quantitative estimate of drug-likeness (QED) is 0.729. The van der Waals surface area contributed by atoms with E-state index in [9.17, 15) is 0 Å². The highest BCUT2D eigenvalue weighted by molar-refractivity contribution is 5.15. The number of rotatable bonds is 4. The highest BCUT2D eigenvalue weighted by Crippen LogP contribution is 2.42. The maximum atomic E-state index is 2.89. The lowest BCUT2D eigenvalue weighted by Gasteiger charge is -2.51. The first kappa shape index (κ1) is 15.1. The second-order valence-corrected chi connectivity index (χ2v) is 7.32. The number of fused-ring (bicyclic) bond motifs is 1. The first-order valence-electron chi connectivity index (χ1n) is 9.09. The van der Waals surface area contributed by atoms with Crippen molar-refractivity contribution in [1.29, 1.82) is 0 Å². The molecule has 0 N–H and O–H groups in total. The normalized spacial score (nSPS) is 33.6. The van der Waals surface area contributed by atoms with Crippen LogP contribution in [0.15, 0.2) is 30.3 Å². The van der Waals surface area contributed by atoms with Gasteiger partial charge in [0.05, 0.1) is 0 Å². The van der Waals surface area contributed by atoms with Crippen LogP contribution >= 0.6 is 0 Å². The topological polar surface area (TPSA) is 3.24 Å². The van der Waals surface area contributed by atoms with Crippen molar-refractivity contribution in [3.05, 3.63) is 35.9 Å². The Morgan fingerprint density at radius 3 is 2.62 bits per heavy atom. The number of piperidine rings is 1. The minimum absolute atomic E-state index is 0.821. The zero-order valence-corrected chi connectivity index (χ0v) is 13.8. The molecule has 1 aromatic carbocycles. The summed E-state index contributed by atoms with van der Waals surface area (Å²) >= 11 is 0. The Hall–Kier alpha value is -0.820. The van der Waals surface area contributed by atoms with Crippen molar-refractivity contribution in [2.45, 2.75) is 77.4 Å². The van der Waals surface area contributed by atoms with Gasteiger partial charge in [0.1, 0.15) is 0 Å². The van der Waals surface area contributed by atoms with Crippen LogP contribution in [0, 0.1) is 11.8 Å². The zero-order valence-electron chi connectivity index (χ0n) is 13.8. The van der Waals surface area contributed by atoms with Gasteiger partial charge in [0.15, 0.2) is 0 Å². The van der Waals surface area contributed by atoms with Crippen LogP contribution < -0.4 is 0 Å². The Bertz CT molecular complexity index is 427. The second kappa shape index (κ2) is 6.96. The third-order valence-electron chi connectivity index (χ3n) is 5.94. The minimum atomic E-state index is 0.821. The third kappa shape index (κ3) is 3.34. The predicted molar refractivity (Wildman–Crippen MR) is 90.2 cm³/mol. The lowest BCUT2D eigenvalue weighted by molar-refractivity contribution is -0.0167. The summed E-state index contributed by atoms with van der Waals surface area (Å²) in [6, 6.07) is 12.8. The summed E-state index contributed by atoms with van der Waals surface area (Å²) in [5, 5.41) is 0. The average molecular weight is 285 g/mol. The third-order valence-corrected chi connectivity index (χ3v) is 5.94. The summed E-state index contributed by atoms with van der Waals surface area (Å²) in [5.41, 5.74) is 1.50. The summed E-state index contributed by atoms with van der Waals surface area (Å²) in [6.45, 7) is 6.01. The molecule has 1 aliphatic carbocycles. The number of nitrogens with zero attached hydrogens (tertiary/aromatic N) is 1. The van der Waals surface area contributed by atoms with E-state index in [-0.39, 0.29) is 0 Å². The van der Waals surface area contributed by atoms with E-state index in [1.165, 1.54) is 57.1 Å². The molecule has 0 spiro atoms. The molecule has 1 heterocycles. The van der Waals surface area contributed by atoms with Gasteiger partial charge in [-0.2, -0.15) is 0 Å². The Balaban J connectivity index is 1.79. The molecule has 1 saturated heterocycles. The molecule has 0 unspecified atom stereocenters. The van der Waals surface area contributed by atoms with Crippen LogP contribution in [0.1, 0.15) is 64.4 Å². The maximum absolute atomic E-state index is 2.89. The highest BCUT2D eigenvalue weighted by atomic mass is 15.2. The minimum Gasteiger partial charge on any atom is -0.293 e. The van der Waals surface area contributed by atoms with Gasteiger partial charge in [-0.25, -0.2) is 0 Å². The Morgan fingerprint density at radius 2 is 1.86 bits per heavy atom. The first-order chi connectivity index (χ1) is 10.3. The highest BCUT2D eigenvalue weighted by Gasteiger charge is 2.40. The van der Waals surface area contributed by atoms with Crippen molar-refractivity contribution in [2.75, 3.05) is 0 Å². The van der Waals surface area contributed by atoms with Gasteiger partial charge in [-0.15, -0.1) is 0 Å². The smallest absolute Gasteiger partial charge is 0.0239 e. The lowest BCUT2D eigenvalue weighted by atomic mass is 9.70. The summed E-state index contributed by atoms with van der Waals surface area (Å²) in [5.74, 6) is 1.89. The van der Waals surface area contributed by atoms with Gasteiger partial charge in [-0.3, -0.25) is 4.90 Å². The van der Waals surface area contributed by atoms with E-state index < -0.39 is 0 Å². The number of benzene rings is 1. The predicted octanol–water partition coefficient (Wildman–Crippen LogP) is 5.26. The van der Waals surface area contributed by atoms with Gasteiger partial charge in [0.2, 0.25) is 0 Å². The molecular weight excluding hydrogens is 254 g/mol.